The lowest BCUT2D eigenvalue weighted by molar-refractivity contribution is 0.0776. The van der Waals surface area contributed by atoms with Gasteiger partial charge in [0.05, 0.1) is 6.20 Å². The lowest BCUT2D eigenvalue weighted by Gasteiger charge is -2.07. The lowest BCUT2D eigenvalue weighted by atomic mass is 10.9. The molecule has 1 aliphatic heterocycles. The third-order valence-corrected chi connectivity index (χ3v) is 0.823. The van der Waals surface area contributed by atoms with E-state index in [2.05, 4.69) is 10.4 Å². The van der Waals surface area contributed by atoms with E-state index < -0.39 is 0 Å². The minimum absolute atomic E-state index is 0.126. The Labute approximate surface area is 51.1 Å². The second kappa shape index (κ2) is 2.02. The molecule has 0 saturated heterocycles. The number of amidine groups is 1. The molecule has 2 N–H and O–H groups in total. The average Bonchev–Trinajstić information content (AvgIpc) is 2.12. The molecule has 1 rings (SSSR count). The van der Waals surface area contributed by atoms with E-state index in [4.69, 9.17) is 17.0 Å². The normalized spacial score (nSPS) is 16.4. The van der Waals surface area contributed by atoms with Gasteiger partial charge in [0.15, 0.2) is 0 Å². The van der Waals surface area contributed by atoms with E-state index in [1.54, 1.807) is 0 Å². The Morgan fingerprint density at radius 2 is 2.62 bits per heavy atom. The fourth-order valence-electron chi connectivity index (χ4n) is 0.314. The van der Waals surface area contributed by atoms with Crippen molar-refractivity contribution in [1.82, 2.24) is 10.6 Å². The van der Waals surface area contributed by atoms with Gasteiger partial charge in [-0.15, -0.1) is 0 Å². The molecule has 0 aromatic heterocycles. The predicted molar refractivity (Wildman–Crippen MR) is 28.8 cm³/mol. The van der Waals surface area contributed by atoms with Gasteiger partial charge in [0.2, 0.25) is 5.29 Å². The molecule has 0 amide bonds. The molecule has 0 spiro atoms. The molecule has 0 atom stereocenters. The van der Waals surface area contributed by atoms with Crippen molar-refractivity contribution < 1.29 is 4.84 Å². The van der Waals surface area contributed by atoms with E-state index in [9.17, 15) is 0 Å². The van der Waals surface area contributed by atoms with Gasteiger partial charge in [-0.1, -0.05) is 5.59 Å². The first-order valence-electron chi connectivity index (χ1n) is 1.92. The maximum Gasteiger partial charge on any atom is 0.212 e. The van der Waals surface area contributed by atoms with Crippen molar-refractivity contribution in [2.45, 2.75) is 0 Å². The average molecular weight is 134 g/mol. The highest BCUT2D eigenvalue weighted by atomic mass is 35.5. The van der Waals surface area contributed by atoms with Gasteiger partial charge < -0.3 is 4.84 Å². The monoisotopic (exact) mass is 133 g/mol. The Balaban J connectivity index is 2.48. The zero-order valence-corrected chi connectivity index (χ0v) is 4.64. The van der Waals surface area contributed by atoms with E-state index in [1.165, 1.54) is 17.5 Å². The highest BCUT2D eigenvalue weighted by molar-refractivity contribution is 6.63. The second-order valence-electron chi connectivity index (χ2n) is 1.16. The SMILES string of the molecule is N=C(Cl)N1C=CON1. The summed E-state index contributed by atoms with van der Waals surface area (Å²) in [5.41, 5.74) is 2.32. The van der Waals surface area contributed by atoms with Crippen LogP contribution < -0.4 is 5.59 Å². The Morgan fingerprint density at radius 1 is 1.88 bits per heavy atom. The molecule has 8 heavy (non-hydrogen) atoms. The maximum atomic E-state index is 6.79. The van der Waals surface area contributed by atoms with Crippen molar-refractivity contribution in [2.24, 2.45) is 0 Å². The van der Waals surface area contributed by atoms with Crippen LogP contribution in [0.15, 0.2) is 12.5 Å². The maximum absolute atomic E-state index is 6.79. The van der Waals surface area contributed by atoms with Crippen LogP contribution in [-0.4, -0.2) is 10.3 Å². The molecule has 0 aliphatic carbocycles. The Kier molecular flexibility index (Phi) is 1.36. The van der Waals surface area contributed by atoms with Crippen LogP contribution in [0.25, 0.3) is 0 Å². The smallest absolute Gasteiger partial charge is 0.212 e. The third-order valence-electron chi connectivity index (χ3n) is 0.641. The van der Waals surface area contributed by atoms with Crippen molar-refractivity contribution >= 4 is 16.9 Å². The van der Waals surface area contributed by atoms with Crippen LogP contribution in [0.5, 0.6) is 0 Å². The van der Waals surface area contributed by atoms with Gasteiger partial charge in [-0.05, 0) is 11.6 Å². The van der Waals surface area contributed by atoms with Crippen molar-refractivity contribution in [2.75, 3.05) is 0 Å². The molecule has 0 bridgehead atoms. The molecule has 0 aromatic rings. The summed E-state index contributed by atoms with van der Waals surface area (Å²) >= 11 is 5.20. The number of hydrazine groups is 1. The first-order chi connectivity index (χ1) is 3.80. The highest BCUT2D eigenvalue weighted by Crippen LogP contribution is 1.96. The molecule has 0 saturated carbocycles. The lowest BCUT2D eigenvalue weighted by Crippen LogP contribution is -2.29. The molecule has 1 aliphatic rings. The van der Waals surface area contributed by atoms with Crippen LogP contribution >= 0.6 is 11.6 Å². The van der Waals surface area contributed by atoms with Crippen molar-refractivity contribution in [3.63, 3.8) is 0 Å². The number of halogens is 1. The standard InChI is InChI=1S/C3H4ClN3O/c4-3(5)7-1-2-8-6-7/h1-2,5-6H. The molecular formula is C3H4ClN3O. The van der Waals surface area contributed by atoms with Crippen LogP contribution in [0.1, 0.15) is 0 Å². The first kappa shape index (κ1) is 5.40. The summed E-state index contributed by atoms with van der Waals surface area (Å²) in [7, 11) is 0. The Hall–Kier alpha value is -0.740. The summed E-state index contributed by atoms with van der Waals surface area (Å²) < 4.78 is 0. The molecule has 1 heterocycles. The third kappa shape index (κ3) is 0.907. The quantitative estimate of drug-likeness (QED) is 0.285. The van der Waals surface area contributed by atoms with Gasteiger partial charge in [0.1, 0.15) is 6.26 Å². The highest BCUT2D eigenvalue weighted by Gasteiger charge is 2.05. The molecule has 44 valence electrons. The van der Waals surface area contributed by atoms with Gasteiger partial charge >= 0.3 is 0 Å². The molecule has 0 radical (unpaired) electrons. The van der Waals surface area contributed by atoms with Crippen LogP contribution in [0, 0.1) is 5.41 Å². The van der Waals surface area contributed by atoms with Crippen LogP contribution in [-0.2, 0) is 4.84 Å². The van der Waals surface area contributed by atoms with Gasteiger partial charge in [-0.25, -0.2) is 5.01 Å². The van der Waals surface area contributed by atoms with E-state index in [-0.39, 0.29) is 5.29 Å². The first-order valence-corrected chi connectivity index (χ1v) is 2.30. The van der Waals surface area contributed by atoms with Crippen LogP contribution in [0.4, 0.5) is 0 Å². The fourth-order valence-corrected chi connectivity index (χ4v) is 0.405. The van der Waals surface area contributed by atoms with Crippen molar-refractivity contribution in [3.05, 3.63) is 12.5 Å². The molecule has 4 nitrogen and oxygen atoms in total. The van der Waals surface area contributed by atoms with E-state index in [0.29, 0.717) is 0 Å². The van der Waals surface area contributed by atoms with Crippen molar-refractivity contribution in [3.8, 4) is 0 Å². The number of rotatable bonds is 0. The minimum Gasteiger partial charge on any atom is -0.395 e. The zero-order chi connectivity index (χ0) is 5.98. The minimum atomic E-state index is -0.126. The largest absolute Gasteiger partial charge is 0.395 e. The van der Waals surface area contributed by atoms with Crippen molar-refractivity contribution in [1.29, 1.82) is 5.41 Å². The van der Waals surface area contributed by atoms with E-state index in [1.807, 2.05) is 0 Å². The summed E-state index contributed by atoms with van der Waals surface area (Å²) in [6.07, 6.45) is 2.88. The van der Waals surface area contributed by atoms with Crippen LogP contribution in [0.3, 0.4) is 0 Å². The summed E-state index contributed by atoms with van der Waals surface area (Å²) in [6.45, 7) is 0. The Morgan fingerprint density at radius 3 is 2.88 bits per heavy atom. The molecule has 0 aromatic carbocycles. The summed E-state index contributed by atoms with van der Waals surface area (Å²) in [5.74, 6) is 0. The fraction of sp³-hybridized carbons (Fsp3) is 0. The van der Waals surface area contributed by atoms with Gasteiger partial charge in [0.25, 0.3) is 0 Å². The number of hydrogen-bond acceptors (Lipinski definition) is 3. The van der Waals surface area contributed by atoms with E-state index >= 15 is 0 Å². The van der Waals surface area contributed by atoms with Gasteiger partial charge in [0, 0.05) is 0 Å². The van der Waals surface area contributed by atoms with E-state index in [0.717, 1.165) is 0 Å². The summed E-state index contributed by atoms with van der Waals surface area (Å²) in [4.78, 5) is 4.49. The number of hydrogen-bond donors (Lipinski definition) is 2. The van der Waals surface area contributed by atoms with Gasteiger partial charge in [-0.2, -0.15) is 0 Å². The Bertz CT molecular complexity index is 134. The molecule has 0 fully saturated rings. The topological polar surface area (TPSA) is 48.4 Å². The molecule has 5 heteroatoms. The second-order valence-corrected chi connectivity index (χ2v) is 1.51. The number of nitrogens with one attached hydrogen (secondary N) is 2. The summed E-state index contributed by atoms with van der Waals surface area (Å²) in [6, 6.07) is 0. The van der Waals surface area contributed by atoms with Crippen LogP contribution in [0.2, 0.25) is 0 Å². The molecule has 0 unspecified atom stereocenters. The zero-order valence-electron chi connectivity index (χ0n) is 3.89. The predicted octanol–water partition coefficient (Wildman–Crippen LogP) is 0.383. The number of nitrogens with zero attached hydrogens (tertiary/aromatic N) is 1. The summed E-state index contributed by atoms with van der Waals surface area (Å²) in [5, 5.41) is 7.89. The molecular weight excluding hydrogens is 130 g/mol. The van der Waals surface area contributed by atoms with Gasteiger partial charge in [-0.3, -0.25) is 5.41 Å².